The largest absolute Gasteiger partial charge is 0.464 e. The lowest BCUT2D eigenvalue weighted by molar-refractivity contribution is -0.416. The molecule has 0 saturated carbocycles. The Morgan fingerprint density at radius 1 is 1.18 bits per heavy atom. The van der Waals surface area contributed by atoms with E-state index in [9.17, 15) is 19.7 Å². The van der Waals surface area contributed by atoms with Crippen LogP contribution in [0.5, 0.6) is 0 Å². The second kappa shape index (κ2) is 10.3. The van der Waals surface area contributed by atoms with E-state index in [1.807, 2.05) is 6.92 Å². The molecule has 0 aromatic rings. The van der Waals surface area contributed by atoms with Gasteiger partial charge in [0.1, 0.15) is 0 Å². The van der Waals surface area contributed by atoms with E-state index in [0.29, 0.717) is 6.61 Å². The van der Waals surface area contributed by atoms with Crippen molar-refractivity contribution in [2.75, 3.05) is 34.0 Å². The summed E-state index contributed by atoms with van der Waals surface area (Å²) in [5, 5.41) is 11.1. The first-order valence-corrected chi connectivity index (χ1v) is 6.33. The van der Waals surface area contributed by atoms with Gasteiger partial charge < -0.3 is 19.9 Å². The standard InChI is InChI=1S/C12H19N3O7/c1-4-6-22-7-5-14-9(12(17)21-3)10(15(18)19)8(13)11(16)20-2/h4-7,13H2,1-3H3. The smallest absolute Gasteiger partial charge is 0.363 e. The van der Waals surface area contributed by atoms with E-state index in [1.54, 1.807) is 0 Å². The number of rotatable bonds is 9. The Morgan fingerprint density at radius 3 is 2.23 bits per heavy atom. The highest BCUT2D eigenvalue weighted by atomic mass is 16.6. The number of nitro groups is 1. The molecule has 10 heteroatoms. The molecule has 0 heterocycles. The number of nitrogens with two attached hydrogens (primary N) is 1. The van der Waals surface area contributed by atoms with Crippen LogP contribution in [-0.4, -0.2) is 56.6 Å². The topological polar surface area (TPSA) is 143 Å². The second-order valence-corrected chi connectivity index (χ2v) is 3.85. The van der Waals surface area contributed by atoms with Gasteiger partial charge >= 0.3 is 17.6 Å². The molecule has 2 N–H and O–H groups in total. The van der Waals surface area contributed by atoms with Gasteiger partial charge in [-0.3, -0.25) is 15.1 Å². The lowest BCUT2D eigenvalue weighted by atomic mass is 10.2. The molecule has 0 aliphatic carbocycles. The first-order valence-electron chi connectivity index (χ1n) is 6.33. The molecule has 0 aliphatic heterocycles. The van der Waals surface area contributed by atoms with Crippen molar-refractivity contribution in [1.29, 1.82) is 0 Å². The van der Waals surface area contributed by atoms with Gasteiger partial charge in [-0.1, -0.05) is 6.92 Å². The molecule has 0 fully saturated rings. The van der Waals surface area contributed by atoms with Crippen molar-refractivity contribution in [3.63, 3.8) is 0 Å². The zero-order valence-electron chi connectivity index (χ0n) is 12.7. The minimum atomic E-state index is -1.15. The SMILES string of the molecule is CCCOCCN=C(C(=O)OC)C(=C(N)C(=O)OC)[N+](=O)[O-]. The van der Waals surface area contributed by atoms with Crippen LogP contribution < -0.4 is 5.73 Å². The summed E-state index contributed by atoms with van der Waals surface area (Å²) < 4.78 is 13.9. The maximum Gasteiger partial charge on any atom is 0.363 e. The van der Waals surface area contributed by atoms with Crippen molar-refractivity contribution in [2.24, 2.45) is 10.7 Å². The number of carbonyl (C=O) groups excluding carboxylic acids is 2. The van der Waals surface area contributed by atoms with E-state index in [2.05, 4.69) is 14.5 Å². The molecular formula is C12H19N3O7. The van der Waals surface area contributed by atoms with Gasteiger partial charge in [0.2, 0.25) is 5.71 Å². The molecule has 0 aromatic carbocycles. The predicted octanol–water partition coefficient (Wildman–Crippen LogP) is -0.353. The second-order valence-electron chi connectivity index (χ2n) is 3.85. The van der Waals surface area contributed by atoms with Crippen molar-refractivity contribution < 1.29 is 28.7 Å². The Kier molecular flexibility index (Phi) is 9.11. The van der Waals surface area contributed by atoms with Crippen LogP contribution in [0.4, 0.5) is 0 Å². The summed E-state index contributed by atoms with van der Waals surface area (Å²) in [5.74, 6) is -2.24. The molecule has 22 heavy (non-hydrogen) atoms. The molecule has 10 nitrogen and oxygen atoms in total. The summed E-state index contributed by atoms with van der Waals surface area (Å²) in [6.45, 7) is 2.52. The van der Waals surface area contributed by atoms with Gasteiger partial charge in [0, 0.05) is 6.61 Å². The van der Waals surface area contributed by atoms with Crippen LogP contribution in [-0.2, 0) is 23.8 Å². The van der Waals surface area contributed by atoms with Crippen LogP contribution >= 0.6 is 0 Å². The third-order valence-corrected chi connectivity index (χ3v) is 2.30. The number of aliphatic imine (C=N–C) groups is 1. The molecule has 0 atom stereocenters. The Balaban J connectivity index is 5.53. The normalized spacial score (nSPS) is 12.4. The summed E-state index contributed by atoms with van der Waals surface area (Å²) in [6, 6.07) is 0. The lowest BCUT2D eigenvalue weighted by Gasteiger charge is -2.06. The van der Waals surface area contributed by atoms with Gasteiger partial charge in [-0.25, -0.2) is 9.59 Å². The monoisotopic (exact) mass is 317 g/mol. The highest BCUT2D eigenvalue weighted by Crippen LogP contribution is 2.08. The summed E-state index contributed by atoms with van der Waals surface area (Å²) in [4.78, 5) is 36.9. The summed E-state index contributed by atoms with van der Waals surface area (Å²) >= 11 is 0. The molecule has 0 aliphatic rings. The summed E-state index contributed by atoms with van der Waals surface area (Å²) in [7, 11) is 2.03. The Labute approximate surface area is 127 Å². The average Bonchev–Trinajstić information content (AvgIpc) is 2.51. The minimum absolute atomic E-state index is 0.0315. The van der Waals surface area contributed by atoms with E-state index >= 15 is 0 Å². The fraction of sp³-hybridized carbons (Fsp3) is 0.583. The lowest BCUT2D eigenvalue weighted by Crippen LogP contribution is -2.29. The van der Waals surface area contributed by atoms with Gasteiger partial charge in [-0.2, -0.15) is 0 Å². The third kappa shape index (κ3) is 5.87. The van der Waals surface area contributed by atoms with Crippen LogP contribution in [0.15, 0.2) is 16.4 Å². The molecule has 0 rings (SSSR count). The number of carbonyl (C=O) groups is 2. The number of hydrogen-bond acceptors (Lipinski definition) is 9. The van der Waals surface area contributed by atoms with Crippen molar-refractivity contribution in [1.82, 2.24) is 0 Å². The number of nitrogens with zero attached hydrogens (tertiary/aromatic N) is 2. The van der Waals surface area contributed by atoms with Gasteiger partial charge in [0.15, 0.2) is 5.70 Å². The van der Waals surface area contributed by atoms with Gasteiger partial charge in [0.05, 0.1) is 32.3 Å². The molecule has 0 spiro atoms. The Morgan fingerprint density at radius 2 is 1.77 bits per heavy atom. The van der Waals surface area contributed by atoms with Gasteiger partial charge in [-0.05, 0) is 6.42 Å². The van der Waals surface area contributed by atoms with Crippen molar-refractivity contribution >= 4 is 17.7 Å². The molecule has 0 radical (unpaired) electrons. The highest BCUT2D eigenvalue weighted by Gasteiger charge is 2.33. The van der Waals surface area contributed by atoms with Crippen LogP contribution in [0.3, 0.4) is 0 Å². The van der Waals surface area contributed by atoms with E-state index in [0.717, 1.165) is 20.6 Å². The molecule has 0 saturated heterocycles. The van der Waals surface area contributed by atoms with Crippen LogP contribution in [0.1, 0.15) is 13.3 Å². The Hall–Kier alpha value is -2.49. The zero-order valence-corrected chi connectivity index (χ0v) is 12.7. The van der Waals surface area contributed by atoms with Crippen LogP contribution in [0.25, 0.3) is 0 Å². The third-order valence-electron chi connectivity index (χ3n) is 2.30. The van der Waals surface area contributed by atoms with Crippen molar-refractivity contribution in [2.45, 2.75) is 13.3 Å². The average molecular weight is 317 g/mol. The quantitative estimate of drug-likeness (QED) is 0.152. The fourth-order valence-corrected chi connectivity index (χ4v) is 1.32. The molecule has 124 valence electrons. The fourth-order valence-electron chi connectivity index (χ4n) is 1.32. The van der Waals surface area contributed by atoms with E-state index in [1.165, 1.54) is 0 Å². The maximum absolute atomic E-state index is 11.7. The molecule has 0 bridgehead atoms. The highest BCUT2D eigenvalue weighted by molar-refractivity contribution is 6.43. The molecular weight excluding hydrogens is 298 g/mol. The zero-order chi connectivity index (χ0) is 17.1. The van der Waals surface area contributed by atoms with E-state index in [4.69, 9.17) is 10.5 Å². The summed E-state index contributed by atoms with van der Waals surface area (Å²) in [5.41, 5.74) is 2.89. The van der Waals surface area contributed by atoms with Crippen LogP contribution in [0.2, 0.25) is 0 Å². The van der Waals surface area contributed by atoms with Crippen LogP contribution in [0, 0.1) is 10.1 Å². The van der Waals surface area contributed by atoms with E-state index < -0.39 is 34.0 Å². The number of methoxy groups -OCH3 is 2. The maximum atomic E-state index is 11.7. The summed E-state index contributed by atoms with van der Waals surface area (Å²) in [6.07, 6.45) is 0.795. The molecule has 0 amide bonds. The Bertz CT molecular complexity index is 485. The first kappa shape index (κ1) is 19.5. The van der Waals surface area contributed by atoms with Gasteiger partial charge in [-0.15, -0.1) is 0 Å². The number of ether oxygens (including phenoxy) is 3. The predicted molar refractivity (Wildman–Crippen MR) is 75.7 cm³/mol. The van der Waals surface area contributed by atoms with Gasteiger partial charge in [0.25, 0.3) is 0 Å². The first-order chi connectivity index (χ1) is 10.4. The van der Waals surface area contributed by atoms with Crippen molar-refractivity contribution in [3.05, 3.63) is 21.5 Å². The van der Waals surface area contributed by atoms with Crippen molar-refractivity contribution in [3.8, 4) is 0 Å². The molecule has 0 aromatic heterocycles. The minimum Gasteiger partial charge on any atom is -0.464 e. The molecule has 0 unspecified atom stereocenters. The van der Waals surface area contributed by atoms with E-state index in [-0.39, 0.29) is 13.2 Å². The number of esters is 2. The number of hydrogen-bond donors (Lipinski definition) is 1.